The van der Waals surface area contributed by atoms with Crippen LogP contribution < -0.4 is 5.48 Å². The molecule has 0 radical (unpaired) electrons. The number of nitrogens with one attached hydrogen (secondary N) is 1. The summed E-state index contributed by atoms with van der Waals surface area (Å²) in [4.78, 5) is 20.1. The third kappa shape index (κ3) is 2.23. The van der Waals surface area contributed by atoms with Crippen molar-refractivity contribution in [2.24, 2.45) is 5.92 Å². The van der Waals surface area contributed by atoms with Crippen molar-refractivity contribution in [3.63, 3.8) is 0 Å². The second kappa shape index (κ2) is 4.10. The molecule has 2 heterocycles. The third-order valence-electron chi connectivity index (χ3n) is 2.87. The molecule has 15 heavy (non-hydrogen) atoms. The molecule has 1 N–H and O–H groups in total. The molecule has 2 rings (SSSR count). The van der Waals surface area contributed by atoms with Gasteiger partial charge in [-0.3, -0.25) is 15.1 Å². The highest BCUT2D eigenvalue weighted by atomic mass is 16.6. The Morgan fingerprint density at radius 2 is 2.53 bits per heavy atom. The molecule has 1 amide bonds. The number of hydrogen-bond donors (Lipinski definition) is 1. The van der Waals surface area contributed by atoms with Crippen LogP contribution >= 0.6 is 0 Å². The molecule has 1 unspecified atom stereocenters. The van der Waals surface area contributed by atoms with Crippen molar-refractivity contribution >= 4 is 5.91 Å². The largest absolute Gasteiger partial charge is 0.375 e. The van der Waals surface area contributed by atoms with Gasteiger partial charge in [0.2, 0.25) is 0 Å². The molecule has 2 aliphatic rings. The maximum atomic E-state index is 11.2. The zero-order chi connectivity index (χ0) is 10.8. The summed E-state index contributed by atoms with van der Waals surface area (Å²) in [6.07, 6.45) is 3.26. The van der Waals surface area contributed by atoms with Crippen molar-refractivity contribution < 1.29 is 9.63 Å². The van der Waals surface area contributed by atoms with Gasteiger partial charge in [-0.25, -0.2) is 0 Å². The van der Waals surface area contributed by atoms with Crippen molar-refractivity contribution in [1.82, 2.24) is 15.3 Å². The number of amides is 1. The highest BCUT2D eigenvalue weighted by Crippen LogP contribution is 2.29. The maximum Gasteiger partial charge on any atom is 0.250 e. The van der Waals surface area contributed by atoms with Gasteiger partial charge in [0, 0.05) is 39.3 Å². The van der Waals surface area contributed by atoms with E-state index in [9.17, 15) is 4.79 Å². The Balaban J connectivity index is 1.71. The summed E-state index contributed by atoms with van der Waals surface area (Å²) in [5.41, 5.74) is 3.98. The molecule has 0 aliphatic carbocycles. The van der Waals surface area contributed by atoms with Crippen LogP contribution in [0.4, 0.5) is 0 Å². The predicted molar refractivity (Wildman–Crippen MR) is 55.5 cm³/mol. The first-order valence-electron chi connectivity index (χ1n) is 5.20. The van der Waals surface area contributed by atoms with Gasteiger partial charge in [-0.1, -0.05) is 0 Å². The minimum atomic E-state index is -0.0356. The standard InChI is InChI=1S/C10H17N3O2/c1-12(2)10(14)7-15-11-9-6-13-4-3-8(9)5-13/h6,8,11H,3-5,7H2,1-2H3. The SMILES string of the molecule is CN(C)C(=O)CONC1=CN2CCC1C2. The smallest absolute Gasteiger partial charge is 0.250 e. The Bertz CT molecular complexity index is 288. The van der Waals surface area contributed by atoms with Crippen LogP contribution in [0.25, 0.3) is 0 Å². The van der Waals surface area contributed by atoms with Crippen molar-refractivity contribution in [1.29, 1.82) is 0 Å². The van der Waals surface area contributed by atoms with Gasteiger partial charge in [-0.2, -0.15) is 0 Å². The molecule has 2 aliphatic heterocycles. The molecule has 5 nitrogen and oxygen atoms in total. The molecular weight excluding hydrogens is 194 g/mol. The van der Waals surface area contributed by atoms with Gasteiger partial charge in [-0.15, -0.1) is 0 Å². The van der Waals surface area contributed by atoms with E-state index >= 15 is 0 Å². The lowest BCUT2D eigenvalue weighted by atomic mass is 10.1. The van der Waals surface area contributed by atoms with Gasteiger partial charge in [0.25, 0.3) is 5.91 Å². The number of fused-ring (bicyclic) bond motifs is 2. The van der Waals surface area contributed by atoms with Gasteiger partial charge in [0.15, 0.2) is 6.61 Å². The van der Waals surface area contributed by atoms with Crippen molar-refractivity contribution in [3.05, 3.63) is 11.9 Å². The molecule has 0 spiro atoms. The fourth-order valence-corrected chi connectivity index (χ4v) is 1.88. The number of hydroxylamine groups is 1. The van der Waals surface area contributed by atoms with Gasteiger partial charge >= 0.3 is 0 Å². The third-order valence-corrected chi connectivity index (χ3v) is 2.87. The molecule has 0 aromatic carbocycles. The molecule has 2 bridgehead atoms. The van der Waals surface area contributed by atoms with Crippen LogP contribution in [-0.4, -0.2) is 49.5 Å². The second-order valence-corrected chi connectivity index (χ2v) is 4.24. The van der Waals surface area contributed by atoms with Gasteiger partial charge in [0.05, 0.1) is 5.70 Å². The normalized spacial score (nSPS) is 22.9. The number of rotatable bonds is 4. The maximum absolute atomic E-state index is 11.2. The first-order chi connectivity index (χ1) is 7.16. The minimum Gasteiger partial charge on any atom is -0.375 e. The van der Waals surface area contributed by atoms with E-state index in [1.165, 1.54) is 11.3 Å². The molecule has 1 atom stereocenters. The molecule has 1 fully saturated rings. The highest BCUT2D eigenvalue weighted by molar-refractivity contribution is 5.76. The summed E-state index contributed by atoms with van der Waals surface area (Å²) in [5.74, 6) is 0.533. The summed E-state index contributed by atoms with van der Waals surface area (Å²) in [6.45, 7) is 2.32. The predicted octanol–water partition coefficient (Wildman–Crippen LogP) is -0.227. The summed E-state index contributed by atoms with van der Waals surface area (Å²) >= 11 is 0. The van der Waals surface area contributed by atoms with Gasteiger partial charge in [0.1, 0.15) is 0 Å². The number of carbonyl (C=O) groups is 1. The van der Waals surface area contributed by atoms with E-state index < -0.39 is 0 Å². The molecule has 5 heteroatoms. The quantitative estimate of drug-likeness (QED) is 0.653. The lowest BCUT2D eigenvalue weighted by Gasteiger charge is -2.16. The lowest BCUT2D eigenvalue weighted by Crippen LogP contribution is -2.30. The first-order valence-corrected chi connectivity index (χ1v) is 5.20. The van der Waals surface area contributed by atoms with Crippen LogP contribution in [0.15, 0.2) is 11.9 Å². The molecule has 84 valence electrons. The van der Waals surface area contributed by atoms with Crippen LogP contribution in [0.5, 0.6) is 0 Å². The fraction of sp³-hybridized carbons (Fsp3) is 0.700. The summed E-state index contributed by atoms with van der Waals surface area (Å²) in [7, 11) is 3.43. The van der Waals surface area contributed by atoms with E-state index in [0.29, 0.717) is 5.92 Å². The number of nitrogens with zero attached hydrogens (tertiary/aromatic N) is 2. The van der Waals surface area contributed by atoms with Crippen molar-refractivity contribution in [3.8, 4) is 0 Å². The molecule has 0 aromatic rings. The van der Waals surface area contributed by atoms with Crippen molar-refractivity contribution in [2.45, 2.75) is 6.42 Å². The van der Waals surface area contributed by atoms with E-state index in [1.54, 1.807) is 14.1 Å². The van der Waals surface area contributed by atoms with Crippen LogP contribution in [0, 0.1) is 5.92 Å². The number of carbonyl (C=O) groups excluding carboxylic acids is 1. The van der Waals surface area contributed by atoms with Crippen LogP contribution in [0.3, 0.4) is 0 Å². The molecular formula is C10H17N3O2. The number of hydrogen-bond acceptors (Lipinski definition) is 4. The van der Waals surface area contributed by atoms with E-state index in [0.717, 1.165) is 18.8 Å². The zero-order valence-corrected chi connectivity index (χ0v) is 9.19. The van der Waals surface area contributed by atoms with Gasteiger partial charge < -0.3 is 9.80 Å². The topological polar surface area (TPSA) is 44.8 Å². The molecule has 0 aromatic heterocycles. The Labute approximate surface area is 89.6 Å². The van der Waals surface area contributed by atoms with Crippen LogP contribution in [0.2, 0.25) is 0 Å². The minimum absolute atomic E-state index is 0.0356. The Hall–Kier alpha value is -1.23. The second-order valence-electron chi connectivity index (χ2n) is 4.24. The summed E-state index contributed by atoms with van der Waals surface area (Å²) in [5, 5.41) is 0. The van der Waals surface area contributed by atoms with Gasteiger partial charge in [-0.05, 0) is 6.42 Å². The Kier molecular flexibility index (Phi) is 2.81. The zero-order valence-electron chi connectivity index (χ0n) is 9.19. The summed E-state index contributed by atoms with van der Waals surface area (Å²) < 4.78 is 0. The van der Waals surface area contributed by atoms with E-state index in [-0.39, 0.29) is 12.5 Å². The number of likely N-dealkylation sites (N-methyl/N-ethyl adjacent to an activating group) is 1. The Morgan fingerprint density at radius 1 is 1.73 bits per heavy atom. The average Bonchev–Trinajstić information content (AvgIpc) is 2.78. The molecule has 1 saturated heterocycles. The van der Waals surface area contributed by atoms with Crippen LogP contribution in [0.1, 0.15) is 6.42 Å². The lowest BCUT2D eigenvalue weighted by molar-refractivity contribution is -0.135. The Morgan fingerprint density at radius 3 is 3.07 bits per heavy atom. The summed E-state index contributed by atoms with van der Waals surface area (Å²) in [6, 6.07) is 0. The fourth-order valence-electron chi connectivity index (χ4n) is 1.88. The van der Waals surface area contributed by atoms with Crippen LogP contribution in [-0.2, 0) is 9.63 Å². The monoisotopic (exact) mass is 211 g/mol. The molecule has 0 saturated carbocycles. The highest BCUT2D eigenvalue weighted by Gasteiger charge is 2.30. The average molecular weight is 211 g/mol. The van der Waals surface area contributed by atoms with E-state index in [1.807, 2.05) is 0 Å². The van der Waals surface area contributed by atoms with E-state index in [4.69, 9.17) is 4.84 Å². The van der Waals surface area contributed by atoms with Crippen molar-refractivity contribution in [2.75, 3.05) is 33.8 Å². The first kappa shape index (κ1) is 10.3. The van der Waals surface area contributed by atoms with E-state index in [2.05, 4.69) is 16.6 Å².